The number of imide groups is 1. The van der Waals surface area contributed by atoms with E-state index in [2.05, 4.69) is 4.98 Å². The maximum atomic E-state index is 12.6. The number of carboxylic acids is 1. The summed E-state index contributed by atoms with van der Waals surface area (Å²) in [5, 5.41) is 11.7. The van der Waals surface area contributed by atoms with Crippen LogP contribution in [0.15, 0.2) is 15.4 Å². The van der Waals surface area contributed by atoms with E-state index in [1.54, 1.807) is 11.8 Å². The van der Waals surface area contributed by atoms with Gasteiger partial charge in [-0.15, -0.1) is 0 Å². The first kappa shape index (κ1) is 14.5. The molecule has 3 heterocycles. The normalized spacial score (nSPS) is 35.8. The zero-order valence-corrected chi connectivity index (χ0v) is 13.8. The van der Waals surface area contributed by atoms with E-state index in [9.17, 15) is 24.3 Å². The highest BCUT2D eigenvalue weighted by molar-refractivity contribution is 8.00. The van der Waals surface area contributed by atoms with Crippen molar-refractivity contribution in [2.75, 3.05) is 6.54 Å². The molecule has 0 spiro atoms. The molecule has 1 N–H and O–H groups in total. The molecule has 2 amide bonds. The van der Waals surface area contributed by atoms with Gasteiger partial charge in [0.05, 0.1) is 34.3 Å². The van der Waals surface area contributed by atoms with Gasteiger partial charge in [0.1, 0.15) is 0 Å². The summed E-state index contributed by atoms with van der Waals surface area (Å²) in [7, 11) is 0. The third-order valence-corrected chi connectivity index (χ3v) is 7.92. The summed E-state index contributed by atoms with van der Waals surface area (Å²) < 4.78 is 0. The Bertz CT molecular complexity index is 900. The van der Waals surface area contributed by atoms with E-state index in [-0.39, 0.29) is 33.8 Å². The SMILES string of the molecule is O=C([O-])CN1C(=O)[C@H]2[C@@H]3C[C@@H](C4=Cc5sc(=O)[nH]c5S[C@H]43)[C@H]2C1=O. The second kappa shape index (κ2) is 4.60. The lowest BCUT2D eigenvalue weighted by atomic mass is 9.77. The van der Waals surface area contributed by atoms with Gasteiger partial charge in [-0.05, 0) is 24.3 Å². The number of hydrogen-bond acceptors (Lipinski definition) is 7. The molecular formula is C15H11N2O5S2-. The van der Waals surface area contributed by atoms with E-state index in [0.717, 1.165) is 38.1 Å². The lowest BCUT2D eigenvalue weighted by Crippen LogP contribution is -2.42. The number of thiazole rings is 1. The molecule has 5 atom stereocenters. The van der Waals surface area contributed by atoms with E-state index < -0.39 is 24.3 Å². The molecule has 24 heavy (non-hydrogen) atoms. The maximum absolute atomic E-state index is 12.6. The minimum Gasteiger partial charge on any atom is -0.548 e. The molecule has 1 aromatic heterocycles. The highest BCUT2D eigenvalue weighted by Gasteiger charge is 2.66. The molecule has 7 nitrogen and oxygen atoms in total. The number of thioether (sulfide) groups is 1. The summed E-state index contributed by atoms with van der Waals surface area (Å²) in [4.78, 5) is 52.0. The summed E-state index contributed by atoms with van der Waals surface area (Å²) >= 11 is 2.70. The van der Waals surface area contributed by atoms with Crippen molar-refractivity contribution in [3.8, 4) is 0 Å². The van der Waals surface area contributed by atoms with Crippen molar-refractivity contribution in [1.29, 1.82) is 0 Å². The largest absolute Gasteiger partial charge is 0.548 e. The van der Waals surface area contributed by atoms with Crippen LogP contribution in [0, 0.1) is 23.7 Å². The van der Waals surface area contributed by atoms with Crippen LogP contribution in [0.5, 0.6) is 0 Å². The number of carboxylic acid groups (broad SMARTS) is 1. The van der Waals surface area contributed by atoms with E-state index in [1.807, 2.05) is 6.08 Å². The number of rotatable bonds is 2. The average Bonchev–Trinajstić information content (AvgIpc) is 3.21. The van der Waals surface area contributed by atoms with E-state index in [0.29, 0.717) is 0 Å². The van der Waals surface area contributed by atoms with Crippen LogP contribution in [-0.2, 0) is 14.4 Å². The van der Waals surface area contributed by atoms with Crippen LogP contribution in [0.2, 0.25) is 0 Å². The molecule has 5 rings (SSSR count). The van der Waals surface area contributed by atoms with Gasteiger partial charge in [0.15, 0.2) is 0 Å². The van der Waals surface area contributed by atoms with Crippen molar-refractivity contribution in [3.05, 3.63) is 20.1 Å². The Hall–Kier alpha value is -1.87. The van der Waals surface area contributed by atoms with Crippen molar-refractivity contribution in [1.82, 2.24) is 9.88 Å². The lowest BCUT2D eigenvalue weighted by Gasteiger charge is -2.32. The standard InChI is InChI=1S/C15H12N2O5S2/c18-8(19)3-17-13(20)9-4-1-6(10(9)14(17)21)11-5(4)2-7-12(24-11)16-15(22)23-7/h2,4,6,9-11H,1,3H2,(H,16,22)(H,18,19)/p-1/t4-,6-,9+,10-,11+/m0/s1. The molecule has 0 radical (unpaired) electrons. The number of hydrogen-bond donors (Lipinski definition) is 1. The van der Waals surface area contributed by atoms with Gasteiger partial charge in [0, 0.05) is 5.25 Å². The number of amides is 2. The van der Waals surface area contributed by atoms with Crippen molar-refractivity contribution in [2.24, 2.45) is 23.7 Å². The van der Waals surface area contributed by atoms with Gasteiger partial charge in [-0.3, -0.25) is 19.3 Å². The molecule has 0 unspecified atom stereocenters. The monoisotopic (exact) mass is 363 g/mol. The Kier molecular flexibility index (Phi) is 2.78. The Morgan fingerprint density at radius 1 is 1.29 bits per heavy atom. The molecule has 2 aliphatic heterocycles. The molecule has 1 saturated heterocycles. The van der Waals surface area contributed by atoms with Gasteiger partial charge in [-0.2, -0.15) is 0 Å². The van der Waals surface area contributed by atoms with Gasteiger partial charge in [0.2, 0.25) is 11.8 Å². The summed E-state index contributed by atoms with van der Waals surface area (Å²) in [5.74, 6) is -3.12. The lowest BCUT2D eigenvalue weighted by molar-refractivity contribution is -0.305. The second-order valence-corrected chi connectivity index (χ2v) is 8.75. The van der Waals surface area contributed by atoms with Crippen LogP contribution in [0.4, 0.5) is 0 Å². The third-order valence-electron chi connectivity index (χ3n) is 5.53. The van der Waals surface area contributed by atoms with Gasteiger partial charge < -0.3 is 14.9 Å². The van der Waals surface area contributed by atoms with Gasteiger partial charge in [-0.25, -0.2) is 0 Å². The fourth-order valence-electron chi connectivity index (χ4n) is 4.76. The van der Waals surface area contributed by atoms with Crippen molar-refractivity contribution in [3.63, 3.8) is 0 Å². The number of H-pyrrole nitrogens is 1. The first-order valence-corrected chi connectivity index (χ1v) is 9.31. The minimum atomic E-state index is -1.42. The Labute approximate surface area is 143 Å². The summed E-state index contributed by atoms with van der Waals surface area (Å²) in [6.45, 7) is -0.665. The third kappa shape index (κ3) is 1.68. The first-order chi connectivity index (χ1) is 11.5. The molecule has 3 fully saturated rings. The Morgan fingerprint density at radius 2 is 2.04 bits per heavy atom. The minimum absolute atomic E-state index is 0.0102. The van der Waals surface area contributed by atoms with Crippen molar-refractivity contribution >= 4 is 47.0 Å². The fourth-order valence-corrected chi connectivity index (χ4v) is 7.20. The van der Waals surface area contributed by atoms with Crippen LogP contribution in [-0.4, -0.2) is 39.5 Å². The zero-order valence-electron chi connectivity index (χ0n) is 12.2. The van der Waals surface area contributed by atoms with Crippen LogP contribution in [0.1, 0.15) is 11.3 Å². The van der Waals surface area contributed by atoms with Gasteiger partial charge >= 0.3 is 4.87 Å². The highest BCUT2D eigenvalue weighted by Crippen LogP contribution is 2.64. The smallest absolute Gasteiger partial charge is 0.305 e. The van der Waals surface area contributed by atoms with E-state index >= 15 is 0 Å². The summed E-state index contributed by atoms with van der Waals surface area (Å²) in [5.41, 5.74) is 1.12. The molecular weight excluding hydrogens is 352 g/mol. The highest BCUT2D eigenvalue weighted by atomic mass is 32.2. The van der Waals surface area contributed by atoms with Crippen LogP contribution < -0.4 is 9.98 Å². The number of fused-ring (bicyclic) bond motifs is 9. The predicted molar refractivity (Wildman–Crippen MR) is 82.9 cm³/mol. The molecule has 124 valence electrons. The summed E-state index contributed by atoms with van der Waals surface area (Å²) in [6, 6.07) is 0. The molecule has 2 saturated carbocycles. The first-order valence-electron chi connectivity index (χ1n) is 7.62. The quantitative estimate of drug-likeness (QED) is 0.696. The second-order valence-electron chi connectivity index (χ2n) is 6.58. The molecule has 0 aromatic carbocycles. The van der Waals surface area contributed by atoms with Gasteiger partial charge in [0.25, 0.3) is 0 Å². The van der Waals surface area contributed by atoms with Crippen LogP contribution in [0.3, 0.4) is 0 Å². The molecule has 1 aromatic rings. The molecule has 2 bridgehead atoms. The number of aromatic nitrogens is 1. The molecule has 9 heteroatoms. The van der Waals surface area contributed by atoms with E-state index in [1.165, 1.54) is 0 Å². The number of nitrogens with one attached hydrogen (secondary N) is 1. The van der Waals surface area contributed by atoms with Crippen molar-refractivity contribution in [2.45, 2.75) is 16.7 Å². The number of carbonyl (C=O) groups is 3. The van der Waals surface area contributed by atoms with Crippen molar-refractivity contribution < 1.29 is 19.5 Å². The number of carbonyl (C=O) groups excluding carboxylic acids is 3. The average molecular weight is 363 g/mol. The number of aliphatic carboxylic acids is 1. The number of nitrogens with zero attached hydrogens (tertiary/aromatic N) is 1. The van der Waals surface area contributed by atoms with Crippen LogP contribution in [0.25, 0.3) is 6.08 Å². The van der Waals surface area contributed by atoms with Crippen LogP contribution >= 0.6 is 23.1 Å². The zero-order chi connectivity index (χ0) is 16.7. The Morgan fingerprint density at radius 3 is 2.79 bits per heavy atom. The molecule has 2 aliphatic carbocycles. The van der Waals surface area contributed by atoms with E-state index in [4.69, 9.17) is 0 Å². The summed E-state index contributed by atoms with van der Waals surface area (Å²) in [6.07, 6.45) is 2.76. The maximum Gasteiger partial charge on any atom is 0.305 e. The number of aromatic amines is 1. The fraction of sp³-hybridized carbons (Fsp3) is 0.467. The predicted octanol–water partition coefficient (Wildman–Crippen LogP) is -0.705. The number of likely N-dealkylation sites (tertiary alicyclic amines) is 1. The Balaban J connectivity index is 1.55. The topological polar surface area (TPSA) is 110 Å². The van der Waals surface area contributed by atoms with Gasteiger partial charge in [-0.1, -0.05) is 28.7 Å². The molecule has 4 aliphatic rings.